The van der Waals surface area contributed by atoms with Crippen LogP contribution in [-0.4, -0.2) is 18.6 Å². The molecule has 2 rings (SSSR count). The summed E-state index contributed by atoms with van der Waals surface area (Å²) >= 11 is 0. The number of Topliss-reactive ketones (excluding diaryl/α,β-unsaturated/α-hetero) is 1. The first-order valence-electron chi connectivity index (χ1n) is 7.85. The highest BCUT2D eigenvalue weighted by molar-refractivity contribution is 5.99. The van der Waals surface area contributed by atoms with Crippen molar-refractivity contribution in [2.75, 3.05) is 6.61 Å². The lowest BCUT2D eigenvalue weighted by Gasteiger charge is -2.07. The van der Waals surface area contributed by atoms with Gasteiger partial charge in [-0.2, -0.15) is 13.2 Å². The van der Waals surface area contributed by atoms with E-state index in [-0.39, 0.29) is 6.42 Å². The maximum Gasteiger partial charge on any atom is 0.462 e. The van der Waals surface area contributed by atoms with Crippen LogP contribution in [0.3, 0.4) is 0 Å². The van der Waals surface area contributed by atoms with E-state index in [1.807, 2.05) is 54.6 Å². The first-order chi connectivity index (χ1) is 12.0. The largest absolute Gasteiger partial charge is 0.494 e. The van der Waals surface area contributed by atoms with Crippen molar-refractivity contribution in [3.8, 4) is 28.7 Å². The van der Waals surface area contributed by atoms with Crippen LogP contribution in [-0.2, 0) is 4.79 Å². The van der Waals surface area contributed by atoms with Gasteiger partial charge in [-0.25, -0.2) is 0 Å². The SMILES string of the molecule is O=C(C#CCCCCOc1ccc(-c2ccccc2)cc1)C(F)(F)F. The van der Waals surface area contributed by atoms with Crippen LogP contribution in [0.5, 0.6) is 5.75 Å². The van der Waals surface area contributed by atoms with E-state index in [2.05, 4.69) is 5.92 Å². The Morgan fingerprint density at radius 1 is 0.920 bits per heavy atom. The minimum absolute atomic E-state index is 0.234. The number of rotatable bonds is 6. The van der Waals surface area contributed by atoms with Gasteiger partial charge in [0.2, 0.25) is 0 Å². The Balaban J connectivity index is 1.69. The van der Waals surface area contributed by atoms with Crippen molar-refractivity contribution >= 4 is 5.78 Å². The molecule has 0 aliphatic carbocycles. The summed E-state index contributed by atoms with van der Waals surface area (Å²) in [6.45, 7) is 0.444. The molecule has 2 aromatic rings. The lowest BCUT2D eigenvalue weighted by Crippen LogP contribution is -2.20. The summed E-state index contributed by atoms with van der Waals surface area (Å²) in [5.41, 5.74) is 2.22. The Hall–Kier alpha value is -2.74. The number of ether oxygens (including phenoxy) is 1. The molecule has 2 aromatic carbocycles. The zero-order valence-electron chi connectivity index (χ0n) is 13.5. The van der Waals surface area contributed by atoms with Crippen LogP contribution in [0.25, 0.3) is 11.1 Å². The number of halogens is 3. The van der Waals surface area contributed by atoms with Gasteiger partial charge in [-0.15, -0.1) is 0 Å². The smallest absolute Gasteiger partial charge is 0.462 e. The molecule has 0 saturated carbocycles. The third-order valence-electron chi connectivity index (χ3n) is 3.39. The van der Waals surface area contributed by atoms with Crippen molar-refractivity contribution in [2.24, 2.45) is 0 Å². The van der Waals surface area contributed by atoms with E-state index in [0.29, 0.717) is 19.4 Å². The van der Waals surface area contributed by atoms with Gasteiger partial charge in [0.15, 0.2) is 0 Å². The number of benzene rings is 2. The molecule has 0 saturated heterocycles. The molecule has 0 spiro atoms. The van der Waals surface area contributed by atoms with Crippen molar-refractivity contribution in [2.45, 2.75) is 25.4 Å². The Bertz CT molecular complexity index is 738. The van der Waals surface area contributed by atoms with E-state index in [4.69, 9.17) is 4.74 Å². The van der Waals surface area contributed by atoms with E-state index >= 15 is 0 Å². The summed E-state index contributed by atoms with van der Waals surface area (Å²) in [6, 6.07) is 17.7. The Morgan fingerprint density at radius 3 is 2.20 bits per heavy atom. The molecular weight excluding hydrogens is 329 g/mol. The van der Waals surface area contributed by atoms with Crippen molar-refractivity contribution in [1.29, 1.82) is 0 Å². The minimum Gasteiger partial charge on any atom is -0.494 e. The second kappa shape index (κ2) is 8.93. The van der Waals surface area contributed by atoms with Crippen LogP contribution in [0.1, 0.15) is 19.3 Å². The summed E-state index contributed by atoms with van der Waals surface area (Å²) in [4.78, 5) is 10.5. The maximum absolute atomic E-state index is 11.9. The first-order valence-corrected chi connectivity index (χ1v) is 7.85. The lowest BCUT2D eigenvalue weighted by molar-refractivity contribution is -0.164. The molecule has 5 heteroatoms. The Labute approximate surface area is 144 Å². The standard InChI is InChI=1S/C20H17F3O2/c21-20(22,23)19(24)10-6-1-2-7-15-25-18-13-11-17(12-14-18)16-8-4-3-5-9-16/h3-5,8-9,11-14H,1-2,7,15H2. The summed E-state index contributed by atoms with van der Waals surface area (Å²) in [5.74, 6) is 2.58. The van der Waals surface area contributed by atoms with Gasteiger partial charge >= 0.3 is 12.0 Å². The molecular formula is C20H17F3O2. The highest BCUT2D eigenvalue weighted by Crippen LogP contribution is 2.22. The van der Waals surface area contributed by atoms with Gasteiger partial charge in [-0.3, -0.25) is 4.79 Å². The molecule has 0 aliphatic heterocycles. The van der Waals surface area contributed by atoms with Crippen LogP contribution in [0.2, 0.25) is 0 Å². The van der Waals surface area contributed by atoms with Gasteiger partial charge in [0.05, 0.1) is 6.61 Å². The molecule has 0 radical (unpaired) electrons. The summed E-state index contributed by atoms with van der Waals surface area (Å²) < 4.78 is 41.4. The van der Waals surface area contributed by atoms with Gasteiger partial charge in [0.1, 0.15) is 5.75 Å². The number of hydrogen-bond acceptors (Lipinski definition) is 2. The summed E-state index contributed by atoms with van der Waals surface area (Å²) in [5, 5.41) is 0. The van der Waals surface area contributed by atoms with Gasteiger partial charge in [0, 0.05) is 6.42 Å². The minimum atomic E-state index is -4.87. The molecule has 0 aliphatic rings. The fourth-order valence-electron chi connectivity index (χ4n) is 2.09. The number of alkyl halides is 3. The predicted molar refractivity (Wildman–Crippen MR) is 90.1 cm³/mol. The average Bonchev–Trinajstić information content (AvgIpc) is 2.61. The molecule has 0 aromatic heterocycles. The van der Waals surface area contributed by atoms with E-state index < -0.39 is 12.0 Å². The number of carbonyl (C=O) groups excluding carboxylic acids is 1. The third kappa shape index (κ3) is 6.34. The molecule has 25 heavy (non-hydrogen) atoms. The monoisotopic (exact) mass is 346 g/mol. The Kier molecular flexibility index (Phi) is 6.64. The molecule has 2 nitrogen and oxygen atoms in total. The first kappa shape index (κ1) is 18.6. The van der Waals surface area contributed by atoms with E-state index in [0.717, 1.165) is 16.9 Å². The molecule has 0 bridgehead atoms. The number of carbonyl (C=O) groups is 1. The van der Waals surface area contributed by atoms with Gasteiger partial charge in [-0.1, -0.05) is 48.4 Å². The zero-order chi connectivity index (χ0) is 18.1. The quantitative estimate of drug-likeness (QED) is 0.416. The van der Waals surface area contributed by atoms with Crippen LogP contribution in [0.4, 0.5) is 13.2 Å². The van der Waals surface area contributed by atoms with E-state index in [1.165, 1.54) is 0 Å². The number of ketones is 1. The van der Waals surface area contributed by atoms with Crippen molar-refractivity contribution in [1.82, 2.24) is 0 Å². The van der Waals surface area contributed by atoms with Crippen LogP contribution in [0, 0.1) is 11.8 Å². The summed E-state index contributed by atoms with van der Waals surface area (Å²) in [7, 11) is 0. The summed E-state index contributed by atoms with van der Waals surface area (Å²) in [6.07, 6.45) is -3.42. The average molecular weight is 346 g/mol. The fraction of sp³-hybridized carbons (Fsp3) is 0.250. The van der Waals surface area contributed by atoms with Gasteiger partial charge < -0.3 is 4.74 Å². The number of hydrogen-bond donors (Lipinski definition) is 0. The van der Waals surface area contributed by atoms with E-state index in [9.17, 15) is 18.0 Å². The second-order valence-corrected chi connectivity index (χ2v) is 5.32. The van der Waals surface area contributed by atoms with Crippen LogP contribution >= 0.6 is 0 Å². The molecule has 0 atom stereocenters. The maximum atomic E-state index is 11.9. The predicted octanol–water partition coefficient (Wildman–Crippen LogP) is 5.04. The zero-order valence-corrected chi connectivity index (χ0v) is 13.5. The number of unbranched alkanes of at least 4 members (excludes halogenated alkanes) is 2. The fourth-order valence-corrected chi connectivity index (χ4v) is 2.09. The van der Waals surface area contributed by atoms with Crippen molar-refractivity contribution < 1.29 is 22.7 Å². The van der Waals surface area contributed by atoms with Crippen molar-refractivity contribution in [3.05, 3.63) is 54.6 Å². The van der Waals surface area contributed by atoms with Crippen molar-refractivity contribution in [3.63, 3.8) is 0 Å². The van der Waals surface area contributed by atoms with Gasteiger partial charge in [0.25, 0.3) is 0 Å². The molecule has 0 N–H and O–H groups in total. The molecule has 0 fully saturated rings. The lowest BCUT2D eigenvalue weighted by atomic mass is 10.1. The van der Waals surface area contributed by atoms with Crippen LogP contribution in [0.15, 0.2) is 54.6 Å². The topological polar surface area (TPSA) is 26.3 Å². The van der Waals surface area contributed by atoms with Gasteiger partial charge in [-0.05, 0) is 42.0 Å². The third-order valence-corrected chi connectivity index (χ3v) is 3.39. The Morgan fingerprint density at radius 2 is 1.56 bits per heavy atom. The highest BCUT2D eigenvalue weighted by Gasteiger charge is 2.36. The highest BCUT2D eigenvalue weighted by atomic mass is 19.4. The molecule has 0 amide bonds. The molecule has 0 unspecified atom stereocenters. The van der Waals surface area contributed by atoms with E-state index in [1.54, 1.807) is 5.92 Å². The molecule has 0 heterocycles. The molecule has 130 valence electrons. The normalized spacial score (nSPS) is 10.7. The van der Waals surface area contributed by atoms with Crippen LogP contribution < -0.4 is 4.74 Å². The second-order valence-electron chi connectivity index (χ2n) is 5.32.